The minimum atomic E-state index is 0.0253. The lowest BCUT2D eigenvalue weighted by Crippen LogP contribution is -2.35. The van der Waals surface area contributed by atoms with E-state index in [0.29, 0.717) is 0 Å². The van der Waals surface area contributed by atoms with Crippen LogP contribution < -0.4 is 0 Å². The molecule has 0 amide bonds. The molecule has 24 heavy (non-hydrogen) atoms. The fraction of sp³-hybridized carbons (Fsp3) is 0.652. The predicted octanol–water partition coefficient (Wildman–Crippen LogP) is 6.78. The number of hydrogen-bond acceptors (Lipinski definition) is 1. The Kier molecular flexibility index (Phi) is 6.16. The van der Waals surface area contributed by atoms with Gasteiger partial charge in [-0.1, -0.05) is 69.0 Å². The van der Waals surface area contributed by atoms with Crippen LogP contribution in [0, 0.1) is 5.92 Å². The van der Waals surface area contributed by atoms with Crippen molar-refractivity contribution in [1.29, 1.82) is 0 Å². The Morgan fingerprint density at radius 2 is 1.88 bits per heavy atom. The minimum absolute atomic E-state index is 0.0253. The lowest BCUT2D eigenvalue weighted by Gasteiger charge is -2.34. The summed E-state index contributed by atoms with van der Waals surface area (Å²) in [6.07, 6.45) is 13.0. The van der Waals surface area contributed by atoms with Crippen LogP contribution in [0.5, 0.6) is 0 Å². The van der Waals surface area contributed by atoms with Gasteiger partial charge in [0.25, 0.3) is 0 Å². The average Bonchev–Trinajstić information content (AvgIpc) is 3.13. The first-order valence-corrected chi connectivity index (χ1v) is 10.2. The van der Waals surface area contributed by atoms with Gasteiger partial charge >= 0.3 is 0 Å². The van der Waals surface area contributed by atoms with Gasteiger partial charge in [-0.05, 0) is 62.0 Å². The molecule has 3 rings (SSSR count). The molecule has 1 heteroatoms. The molecule has 1 saturated carbocycles. The molecule has 0 unspecified atom stereocenters. The summed E-state index contributed by atoms with van der Waals surface area (Å²) in [5.74, 6) is 0.723. The third kappa shape index (κ3) is 3.47. The Morgan fingerprint density at radius 1 is 1.04 bits per heavy atom. The van der Waals surface area contributed by atoms with Crippen LogP contribution in [0.3, 0.4) is 0 Å². The highest BCUT2D eigenvalue weighted by molar-refractivity contribution is 5.78. The number of benzene rings is 1. The second-order valence-corrected chi connectivity index (χ2v) is 7.69. The number of rotatable bonds is 9. The van der Waals surface area contributed by atoms with Crippen molar-refractivity contribution in [2.24, 2.45) is 5.92 Å². The first-order chi connectivity index (χ1) is 11.8. The zero-order chi connectivity index (χ0) is 16.8. The molecule has 0 bridgehead atoms. The van der Waals surface area contributed by atoms with Crippen molar-refractivity contribution in [2.75, 3.05) is 6.61 Å². The highest BCUT2D eigenvalue weighted by atomic mass is 16.5. The van der Waals surface area contributed by atoms with E-state index in [1.165, 1.54) is 63.4 Å². The molecule has 2 aliphatic rings. The summed E-state index contributed by atoms with van der Waals surface area (Å²) in [4.78, 5) is 0. The van der Waals surface area contributed by atoms with E-state index in [9.17, 15) is 0 Å². The highest BCUT2D eigenvalue weighted by Gasteiger charge is 2.52. The van der Waals surface area contributed by atoms with Crippen LogP contribution in [0.4, 0.5) is 0 Å². The van der Waals surface area contributed by atoms with E-state index in [-0.39, 0.29) is 5.60 Å². The van der Waals surface area contributed by atoms with Crippen LogP contribution in [0.1, 0.15) is 83.6 Å². The highest BCUT2D eigenvalue weighted by Crippen LogP contribution is 2.57. The van der Waals surface area contributed by atoms with Crippen molar-refractivity contribution < 1.29 is 4.74 Å². The second-order valence-electron chi connectivity index (χ2n) is 7.69. The van der Waals surface area contributed by atoms with Gasteiger partial charge in [-0.2, -0.15) is 0 Å². The summed E-state index contributed by atoms with van der Waals surface area (Å²) in [7, 11) is 0. The number of ether oxygens (including phenoxy) is 1. The predicted molar refractivity (Wildman–Crippen MR) is 103 cm³/mol. The number of hydrogen-bond donors (Lipinski definition) is 0. The smallest absolute Gasteiger partial charge is 0.0967 e. The molecule has 0 spiro atoms. The van der Waals surface area contributed by atoms with Gasteiger partial charge in [0.2, 0.25) is 0 Å². The first kappa shape index (κ1) is 17.7. The largest absolute Gasteiger partial charge is 0.370 e. The van der Waals surface area contributed by atoms with Crippen LogP contribution >= 0.6 is 0 Å². The zero-order valence-corrected chi connectivity index (χ0v) is 15.7. The molecule has 132 valence electrons. The molecule has 1 aromatic carbocycles. The molecule has 0 heterocycles. The van der Waals surface area contributed by atoms with Gasteiger partial charge in [0.1, 0.15) is 0 Å². The minimum Gasteiger partial charge on any atom is -0.370 e. The summed E-state index contributed by atoms with van der Waals surface area (Å²) in [6.45, 7) is 5.42. The Morgan fingerprint density at radius 3 is 2.62 bits per heavy atom. The standard InChI is InChI=1S/C23H34O/c1-3-5-6-8-14-20-18-21-15-11-16-23(21,24-17-4-2)22(20)19-12-9-7-10-13-19/h7,9-10,12-13,21H,3-6,8,11,14-18H2,1-2H3/t21-,23+/m1/s1. The molecular formula is C23H34O. The maximum absolute atomic E-state index is 6.63. The summed E-state index contributed by atoms with van der Waals surface area (Å²) in [5, 5.41) is 0. The van der Waals surface area contributed by atoms with Gasteiger partial charge in [-0.3, -0.25) is 0 Å². The van der Waals surface area contributed by atoms with Crippen LogP contribution in [0.25, 0.3) is 5.57 Å². The summed E-state index contributed by atoms with van der Waals surface area (Å²) >= 11 is 0. The SMILES string of the molecule is CCCCCCC1=C(c2ccccc2)[C@]2(OCCC)CCC[C@@H]2C1. The maximum atomic E-state index is 6.63. The Bertz CT molecular complexity index is 544. The molecule has 1 aromatic rings. The maximum Gasteiger partial charge on any atom is 0.0967 e. The Balaban J connectivity index is 1.90. The molecular weight excluding hydrogens is 292 g/mol. The monoisotopic (exact) mass is 326 g/mol. The van der Waals surface area contributed by atoms with Crippen molar-refractivity contribution in [3.8, 4) is 0 Å². The van der Waals surface area contributed by atoms with Crippen molar-refractivity contribution in [3.05, 3.63) is 41.5 Å². The molecule has 0 aromatic heterocycles. The molecule has 0 N–H and O–H groups in total. The van der Waals surface area contributed by atoms with Gasteiger partial charge < -0.3 is 4.74 Å². The molecule has 0 saturated heterocycles. The summed E-state index contributed by atoms with van der Waals surface area (Å²) in [5.41, 5.74) is 4.73. The van der Waals surface area contributed by atoms with Crippen molar-refractivity contribution in [3.63, 3.8) is 0 Å². The lowest BCUT2D eigenvalue weighted by molar-refractivity contribution is -0.0200. The second kappa shape index (κ2) is 8.34. The van der Waals surface area contributed by atoms with Gasteiger partial charge in [0.15, 0.2) is 0 Å². The van der Waals surface area contributed by atoms with E-state index < -0.39 is 0 Å². The number of unbranched alkanes of at least 4 members (excludes halogenated alkanes) is 3. The third-order valence-electron chi connectivity index (χ3n) is 5.99. The van der Waals surface area contributed by atoms with Gasteiger partial charge in [-0.15, -0.1) is 0 Å². The van der Waals surface area contributed by atoms with E-state index in [4.69, 9.17) is 4.74 Å². The van der Waals surface area contributed by atoms with Crippen molar-refractivity contribution >= 4 is 5.57 Å². The van der Waals surface area contributed by atoms with Crippen LogP contribution in [0.15, 0.2) is 35.9 Å². The fourth-order valence-electron chi connectivity index (χ4n) is 4.94. The molecule has 0 aliphatic heterocycles. The molecule has 0 radical (unpaired) electrons. The van der Waals surface area contributed by atoms with Crippen molar-refractivity contribution in [1.82, 2.24) is 0 Å². The van der Waals surface area contributed by atoms with Crippen LogP contribution in [0.2, 0.25) is 0 Å². The quantitative estimate of drug-likeness (QED) is 0.454. The van der Waals surface area contributed by atoms with Gasteiger partial charge in [-0.25, -0.2) is 0 Å². The third-order valence-corrected chi connectivity index (χ3v) is 5.99. The van der Waals surface area contributed by atoms with E-state index in [1.807, 2.05) is 0 Å². The molecule has 1 nitrogen and oxygen atoms in total. The first-order valence-electron chi connectivity index (χ1n) is 10.2. The Hall–Kier alpha value is -1.08. The summed E-state index contributed by atoms with van der Waals surface area (Å²) in [6, 6.07) is 11.1. The molecule has 1 fully saturated rings. The van der Waals surface area contributed by atoms with Crippen molar-refractivity contribution in [2.45, 2.75) is 83.7 Å². The lowest BCUT2D eigenvalue weighted by atomic mass is 9.84. The zero-order valence-electron chi connectivity index (χ0n) is 15.7. The van der Waals surface area contributed by atoms with E-state index in [1.54, 1.807) is 11.1 Å². The number of fused-ring (bicyclic) bond motifs is 1. The summed E-state index contributed by atoms with van der Waals surface area (Å²) < 4.78 is 6.63. The van der Waals surface area contributed by atoms with E-state index >= 15 is 0 Å². The number of allylic oxidation sites excluding steroid dienone is 1. The fourth-order valence-corrected chi connectivity index (χ4v) is 4.94. The average molecular weight is 327 g/mol. The Labute approximate surface area is 148 Å². The topological polar surface area (TPSA) is 9.23 Å². The molecule has 2 aliphatic carbocycles. The van der Waals surface area contributed by atoms with E-state index in [2.05, 4.69) is 44.2 Å². The van der Waals surface area contributed by atoms with Gasteiger partial charge in [0.05, 0.1) is 5.60 Å². The molecule has 2 atom stereocenters. The van der Waals surface area contributed by atoms with Crippen LogP contribution in [-0.4, -0.2) is 12.2 Å². The van der Waals surface area contributed by atoms with Gasteiger partial charge in [0, 0.05) is 6.61 Å². The normalized spacial score (nSPS) is 26.2. The van der Waals surface area contributed by atoms with Crippen LogP contribution in [-0.2, 0) is 4.74 Å². The van der Waals surface area contributed by atoms with E-state index in [0.717, 1.165) is 18.9 Å².